The molecule has 12 heteroatoms. The van der Waals surface area contributed by atoms with Crippen LogP contribution in [0.4, 0.5) is 17.3 Å². The molecule has 0 spiro atoms. The monoisotopic (exact) mass is 470 g/mol. The minimum atomic E-state index is -2.10. The van der Waals surface area contributed by atoms with E-state index in [1.165, 1.54) is 4.31 Å². The third kappa shape index (κ3) is 7.31. The average Bonchev–Trinajstić information content (AvgIpc) is 2.68. The van der Waals surface area contributed by atoms with Gasteiger partial charge in [-0.1, -0.05) is 29.3 Å². The van der Waals surface area contributed by atoms with E-state index >= 15 is 0 Å². The molecule has 6 N–H and O–H groups in total. The summed E-state index contributed by atoms with van der Waals surface area (Å²) in [4.78, 5) is 20.0. The van der Waals surface area contributed by atoms with E-state index in [4.69, 9.17) is 23.1 Å². The molecule has 1 aromatic heterocycles. The normalized spacial score (nSPS) is 12.4. The Labute approximate surface area is 189 Å². The van der Waals surface area contributed by atoms with Crippen LogP contribution in [-0.2, 0) is 11.3 Å². The lowest BCUT2D eigenvalue weighted by atomic mass is 10.2. The van der Waals surface area contributed by atoms with E-state index in [2.05, 4.69) is 15.3 Å². The molecule has 0 saturated heterocycles. The average molecular weight is 471 g/mol. The topological polar surface area (TPSA) is 147 Å². The van der Waals surface area contributed by atoms with Gasteiger partial charge in [0.1, 0.15) is 0 Å². The Morgan fingerprint density at radius 1 is 1.19 bits per heavy atom. The summed E-state index contributed by atoms with van der Waals surface area (Å²) in [6, 6.07) is 7.47. The van der Waals surface area contributed by atoms with Crippen LogP contribution in [0.1, 0.15) is 22.5 Å². The van der Waals surface area contributed by atoms with Crippen LogP contribution < -0.4 is 21.1 Å². The van der Waals surface area contributed by atoms with E-state index in [0.29, 0.717) is 36.2 Å². The van der Waals surface area contributed by atoms with Crippen molar-refractivity contribution in [3.63, 3.8) is 0 Å². The van der Waals surface area contributed by atoms with Gasteiger partial charge in [0.2, 0.25) is 0 Å². The number of quaternary nitrogens is 1. The molecule has 1 atom stereocenters. The van der Waals surface area contributed by atoms with Gasteiger partial charge in [-0.2, -0.15) is 0 Å². The lowest BCUT2D eigenvalue weighted by Gasteiger charge is -2.31. The maximum atomic E-state index is 12.3. The zero-order chi connectivity index (χ0) is 23.2. The van der Waals surface area contributed by atoms with E-state index in [1.807, 2.05) is 45.3 Å². The van der Waals surface area contributed by atoms with Crippen molar-refractivity contribution in [2.24, 2.45) is 0 Å². The number of amides is 1. The number of hydrogen-bond donors (Lipinski definition) is 4. The number of nitrogens with two attached hydrogens (primary N) is 2. The molecule has 0 aliphatic heterocycles. The maximum absolute atomic E-state index is 12.3. The van der Waals surface area contributed by atoms with Gasteiger partial charge in [0.15, 0.2) is 22.5 Å². The quantitative estimate of drug-likeness (QED) is 0.303. The number of halogens is 1. The number of aromatic nitrogens is 2. The second kappa shape index (κ2) is 10.7. The van der Waals surface area contributed by atoms with Crippen LogP contribution in [0.3, 0.4) is 0 Å². The SMILES string of the molecule is Cc1ccc(N(CCC[N+](C)(C)CCNC(=O)c2nc(Cl)c(N)nc2N)S(=O)O)cc1. The lowest BCUT2D eigenvalue weighted by molar-refractivity contribution is -0.889. The number of carbonyl (C=O) groups is 1. The van der Waals surface area contributed by atoms with Gasteiger partial charge < -0.3 is 21.3 Å². The number of nitrogens with zero attached hydrogens (tertiary/aromatic N) is 4. The maximum Gasteiger partial charge on any atom is 0.273 e. The minimum absolute atomic E-state index is 0.0305. The van der Waals surface area contributed by atoms with Crippen LogP contribution in [-0.4, -0.2) is 69.4 Å². The number of benzene rings is 1. The van der Waals surface area contributed by atoms with Crippen molar-refractivity contribution in [2.45, 2.75) is 13.3 Å². The van der Waals surface area contributed by atoms with Crippen molar-refractivity contribution in [1.29, 1.82) is 0 Å². The molecule has 2 rings (SSSR count). The van der Waals surface area contributed by atoms with Crippen LogP contribution in [0.15, 0.2) is 24.3 Å². The summed E-state index contributed by atoms with van der Waals surface area (Å²) in [5, 5.41) is 2.68. The number of nitrogens with one attached hydrogen (secondary N) is 1. The summed E-state index contributed by atoms with van der Waals surface area (Å²) in [6.45, 7) is 4.14. The van der Waals surface area contributed by atoms with Crippen LogP contribution >= 0.6 is 11.6 Å². The van der Waals surface area contributed by atoms with Gasteiger partial charge in [-0.05, 0) is 19.1 Å². The first-order valence-corrected chi connectivity index (χ1v) is 11.1. The third-order valence-electron chi connectivity index (χ3n) is 4.76. The minimum Gasteiger partial charge on any atom is -0.382 e. The molecule has 0 radical (unpaired) electrons. The van der Waals surface area contributed by atoms with Gasteiger partial charge in [0.25, 0.3) is 17.2 Å². The summed E-state index contributed by atoms with van der Waals surface area (Å²) in [6.07, 6.45) is 0.688. The molecule has 170 valence electrons. The third-order valence-corrected chi connectivity index (χ3v) is 5.81. The van der Waals surface area contributed by atoms with Gasteiger partial charge in [0.05, 0.1) is 39.4 Å². The first kappa shape index (κ1) is 24.8. The highest BCUT2D eigenvalue weighted by atomic mass is 35.5. The van der Waals surface area contributed by atoms with E-state index in [-0.39, 0.29) is 22.5 Å². The second-order valence-electron chi connectivity index (χ2n) is 7.79. The van der Waals surface area contributed by atoms with E-state index in [9.17, 15) is 13.6 Å². The Morgan fingerprint density at radius 2 is 1.84 bits per heavy atom. The molecular formula is C19H29ClN7O3S+. The first-order chi connectivity index (χ1) is 14.5. The molecular weight excluding hydrogens is 442 g/mol. The van der Waals surface area contributed by atoms with E-state index in [0.717, 1.165) is 12.1 Å². The van der Waals surface area contributed by atoms with Gasteiger partial charge in [0, 0.05) is 13.0 Å². The molecule has 1 aromatic carbocycles. The Morgan fingerprint density at radius 3 is 2.45 bits per heavy atom. The number of carbonyl (C=O) groups excluding carboxylic acids is 1. The zero-order valence-corrected chi connectivity index (χ0v) is 19.4. The number of hydrogen-bond acceptors (Lipinski definition) is 6. The highest BCUT2D eigenvalue weighted by Crippen LogP contribution is 2.18. The van der Waals surface area contributed by atoms with E-state index < -0.39 is 17.2 Å². The van der Waals surface area contributed by atoms with Crippen molar-refractivity contribution in [3.8, 4) is 0 Å². The Balaban J connectivity index is 1.84. The summed E-state index contributed by atoms with van der Waals surface area (Å²) in [7, 11) is 4.04. The predicted octanol–water partition coefficient (Wildman–Crippen LogP) is 1.44. The fraction of sp³-hybridized carbons (Fsp3) is 0.421. The highest BCUT2D eigenvalue weighted by Gasteiger charge is 2.20. The zero-order valence-electron chi connectivity index (χ0n) is 17.8. The molecule has 0 fully saturated rings. The van der Waals surface area contributed by atoms with Crippen LogP contribution in [0, 0.1) is 6.92 Å². The highest BCUT2D eigenvalue weighted by molar-refractivity contribution is 7.80. The number of aryl methyl sites for hydroxylation is 1. The number of anilines is 3. The largest absolute Gasteiger partial charge is 0.382 e. The van der Waals surface area contributed by atoms with Crippen molar-refractivity contribution in [1.82, 2.24) is 15.3 Å². The molecule has 31 heavy (non-hydrogen) atoms. The predicted molar refractivity (Wildman–Crippen MR) is 124 cm³/mol. The first-order valence-electron chi connectivity index (χ1n) is 9.64. The van der Waals surface area contributed by atoms with Crippen molar-refractivity contribution >= 4 is 46.1 Å². The van der Waals surface area contributed by atoms with Gasteiger partial charge >= 0.3 is 0 Å². The van der Waals surface area contributed by atoms with Crippen molar-refractivity contribution in [2.75, 3.05) is 56.0 Å². The molecule has 1 heterocycles. The number of rotatable bonds is 10. The van der Waals surface area contributed by atoms with E-state index in [1.54, 1.807) is 0 Å². The fourth-order valence-corrected chi connectivity index (χ4v) is 3.64. The molecule has 0 saturated carbocycles. The lowest BCUT2D eigenvalue weighted by Crippen LogP contribution is -2.47. The molecule has 1 amide bonds. The molecule has 10 nitrogen and oxygen atoms in total. The molecule has 0 aliphatic carbocycles. The second-order valence-corrected chi connectivity index (χ2v) is 9.05. The number of nitrogen functional groups attached to an aromatic ring is 2. The number of likely N-dealkylation sites (N-methyl/N-ethyl adjacent to an activating group) is 1. The smallest absolute Gasteiger partial charge is 0.273 e. The Kier molecular flexibility index (Phi) is 8.57. The molecule has 1 unspecified atom stereocenters. The molecule has 0 aliphatic rings. The Bertz CT molecular complexity index is 941. The van der Waals surface area contributed by atoms with Crippen LogP contribution in [0.25, 0.3) is 0 Å². The Hall–Kier alpha value is -2.47. The van der Waals surface area contributed by atoms with Crippen LogP contribution in [0.5, 0.6) is 0 Å². The standard InChI is InChI=1S/C19H28ClN7O3S/c1-13-5-7-14(8-6-13)26(31(29)30)10-4-11-27(2,3)12-9-23-19(28)15-17(21)25-18(22)16(20)24-15/h5-8H,4,9-12H2,1-3H3,(H5-,21,22,23,25,28,29,30)/p+1. The van der Waals surface area contributed by atoms with Gasteiger partial charge in [-0.25, -0.2) is 14.2 Å². The summed E-state index contributed by atoms with van der Waals surface area (Å²) in [5.41, 5.74) is 12.9. The molecule has 0 bridgehead atoms. The summed E-state index contributed by atoms with van der Waals surface area (Å²) < 4.78 is 23.4. The molecule has 2 aromatic rings. The van der Waals surface area contributed by atoms with Gasteiger partial charge in [-0.3, -0.25) is 13.7 Å². The van der Waals surface area contributed by atoms with Gasteiger partial charge in [-0.15, -0.1) is 0 Å². The van der Waals surface area contributed by atoms with Crippen LogP contribution in [0.2, 0.25) is 5.15 Å². The summed E-state index contributed by atoms with van der Waals surface area (Å²) >= 11 is 3.71. The van der Waals surface area contributed by atoms with Crippen molar-refractivity contribution < 1.29 is 18.0 Å². The summed E-state index contributed by atoms with van der Waals surface area (Å²) in [5.74, 6) is -0.591. The fourth-order valence-electron chi connectivity index (χ4n) is 2.93. The van der Waals surface area contributed by atoms with Crippen molar-refractivity contribution in [3.05, 3.63) is 40.7 Å².